The summed E-state index contributed by atoms with van der Waals surface area (Å²) in [5.41, 5.74) is 4.68. The Labute approximate surface area is 199 Å². The SMILES string of the molecule is CCCCN(Cc1ccc(-c2ccccc2-c2nn[nH]n2)cc1)C(=O)Nc1ccccc1OC. The second-order valence-corrected chi connectivity index (χ2v) is 7.88. The van der Waals surface area contributed by atoms with E-state index in [4.69, 9.17) is 4.74 Å². The molecule has 4 aromatic rings. The summed E-state index contributed by atoms with van der Waals surface area (Å²) in [5, 5.41) is 17.4. The molecule has 0 aliphatic rings. The summed E-state index contributed by atoms with van der Waals surface area (Å²) in [4.78, 5) is 14.9. The molecule has 0 saturated heterocycles. The molecule has 0 bridgehead atoms. The van der Waals surface area contributed by atoms with Crippen LogP contribution in [0, 0.1) is 0 Å². The third-order valence-electron chi connectivity index (χ3n) is 5.57. The van der Waals surface area contributed by atoms with Crippen molar-refractivity contribution in [3.63, 3.8) is 0 Å². The van der Waals surface area contributed by atoms with Crippen molar-refractivity contribution in [2.45, 2.75) is 26.3 Å². The van der Waals surface area contributed by atoms with Gasteiger partial charge < -0.3 is 15.0 Å². The minimum Gasteiger partial charge on any atom is -0.495 e. The molecular formula is C26H28N6O2. The number of urea groups is 1. The maximum Gasteiger partial charge on any atom is 0.322 e. The van der Waals surface area contributed by atoms with Crippen molar-refractivity contribution in [2.24, 2.45) is 0 Å². The van der Waals surface area contributed by atoms with E-state index in [0.717, 1.165) is 35.1 Å². The molecular weight excluding hydrogens is 428 g/mol. The van der Waals surface area contributed by atoms with E-state index in [2.05, 4.69) is 57.1 Å². The number of para-hydroxylation sites is 2. The van der Waals surface area contributed by atoms with Gasteiger partial charge in [-0.2, -0.15) is 5.21 Å². The van der Waals surface area contributed by atoms with E-state index in [9.17, 15) is 4.79 Å². The van der Waals surface area contributed by atoms with Crippen LogP contribution < -0.4 is 10.1 Å². The van der Waals surface area contributed by atoms with Gasteiger partial charge in [-0.05, 0) is 40.5 Å². The van der Waals surface area contributed by atoms with E-state index < -0.39 is 0 Å². The highest BCUT2D eigenvalue weighted by Crippen LogP contribution is 2.30. The number of ether oxygens (including phenoxy) is 1. The number of benzene rings is 3. The van der Waals surface area contributed by atoms with Crippen LogP contribution in [0.15, 0.2) is 72.8 Å². The number of tetrazole rings is 1. The number of hydrogen-bond donors (Lipinski definition) is 2. The largest absolute Gasteiger partial charge is 0.495 e. The number of rotatable bonds is 9. The minimum atomic E-state index is -0.149. The number of carbonyl (C=O) groups is 1. The van der Waals surface area contributed by atoms with Crippen LogP contribution in [-0.2, 0) is 6.54 Å². The summed E-state index contributed by atoms with van der Waals surface area (Å²) in [6, 6.07) is 23.5. The van der Waals surface area contributed by atoms with E-state index in [-0.39, 0.29) is 6.03 Å². The Morgan fingerprint density at radius 3 is 2.44 bits per heavy atom. The van der Waals surface area contributed by atoms with Crippen molar-refractivity contribution in [2.75, 3.05) is 19.0 Å². The molecule has 0 spiro atoms. The topological polar surface area (TPSA) is 96.0 Å². The molecule has 174 valence electrons. The summed E-state index contributed by atoms with van der Waals surface area (Å²) in [5.74, 6) is 1.19. The van der Waals surface area contributed by atoms with E-state index in [1.54, 1.807) is 7.11 Å². The third kappa shape index (κ3) is 5.40. The number of aromatic nitrogens is 4. The summed E-state index contributed by atoms with van der Waals surface area (Å²) < 4.78 is 5.37. The Morgan fingerprint density at radius 1 is 1.00 bits per heavy atom. The molecule has 0 fully saturated rings. The first kappa shape index (κ1) is 23.0. The second kappa shape index (κ2) is 11.1. The van der Waals surface area contributed by atoms with Gasteiger partial charge in [0.15, 0.2) is 0 Å². The predicted molar refractivity (Wildman–Crippen MR) is 132 cm³/mol. The number of carbonyl (C=O) groups excluding carboxylic acids is 1. The van der Waals surface area contributed by atoms with Gasteiger partial charge >= 0.3 is 6.03 Å². The molecule has 0 saturated carbocycles. The summed E-state index contributed by atoms with van der Waals surface area (Å²) >= 11 is 0. The molecule has 3 aromatic carbocycles. The summed E-state index contributed by atoms with van der Waals surface area (Å²) in [6.45, 7) is 3.29. The van der Waals surface area contributed by atoms with Gasteiger partial charge in [0.05, 0.1) is 12.8 Å². The number of anilines is 1. The molecule has 34 heavy (non-hydrogen) atoms. The number of hydrogen-bond acceptors (Lipinski definition) is 5. The quantitative estimate of drug-likeness (QED) is 0.353. The van der Waals surface area contributed by atoms with Gasteiger partial charge in [-0.15, -0.1) is 10.2 Å². The maximum absolute atomic E-state index is 13.1. The monoisotopic (exact) mass is 456 g/mol. The number of methoxy groups -OCH3 is 1. The Bertz CT molecular complexity index is 1210. The Balaban J connectivity index is 1.52. The molecule has 0 aliphatic heterocycles. The zero-order chi connectivity index (χ0) is 23.8. The number of H-pyrrole nitrogens is 1. The number of nitrogens with zero attached hydrogens (tertiary/aromatic N) is 4. The fraction of sp³-hybridized carbons (Fsp3) is 0.231. The lowest BCUT2D eigenvalue weighted by molar-refractivity contribution is 0.208. The zero-order valence-electron chi connectivity index (χ0n) is 19.4. The lowest BCUT2D eigenvalue weighted by Gasteiger charge is -2.24. The first-order valence-electron chi connectivity index (χ1n) is 11.3. The van der Waals surface area contributed by atoms with Crippen LogP contribution in [0.4, 0.5) is 10.5 Å². The summed E-state index contributed by atoms with van der Waals surface area (Å²) in [6.07, 6.45) is 1.93. The van der Waals surface area contributed by atoms with Gasteiger partial charge in [-0.3, -0.25) is 0 Å². The lowest BCUT2D eigenvalue weighted by Crippen LogP contribution is -2.35. The van der Waals surface area contributed by atoms with Crippen molar-refractivity contribution in [3.8, 4) is 28.3 Å². The number of unbranched alkanes of at least 4 members (excludes halogenated alkanes) is 1. The van der Waals surface area contributed by atoms with E-state index in [1.807, 2.05) is 53.4 Å². The maximum atomic E-state index is 13.1. The molecule has 8 nitrogen and oxygen atoms in total. The number of nitrogens with one attached hydrogen (secondary N) is 2. The van der Waals surface area contributed by atoms with Crippen molar-refractivity contribution in [1.29, 1.82) is 0 Å². The Morgan fingerprint density at radius 2 is 1.74 bits per heavy atom. The highest BCUT2D eigenvalue weighted by atomic mass is 16.5. The molecule has 0 unspecified atom stereocenters. The van der Waals surface area contributed by atoms with Gasteiger partial charge in [0.2, 0.25) is 5.82 Å². The first-order chi connectivity index (χ1) is 16.7. The lowest BCUT2D eigenvalue weighted by atomic mass is 9.98. The number of amides is 2. The van der Waals surface area contributed by atoms with Gasteiger partial charge in [0.1, 0.15) is 5.75 Å². The number of aromatic amines is 1. The standard InChI is InChI=1S/C26H28N6O2/c1-3-4-17-32(26(33)27-23-11-7-8-12-24(23)34-2)18-19-13-15-20(16-14-19)21-9-5-6-10-22(21)25-28-30-31-29-25/h5-16H,3-4,17-18H2,1-2H3,(H,27,33)(H,28,29,30,31). The van der Waals surface area contributed by atoms with Gasteiger partial charge in [-0.25, -0.2) is 4.79 Å². The molecule has 2 amide bonds. The van der Waals surface area contributed by atoms with Crippen LogP contribution >= 0.6 is 0 Å². The second-order valence-electron chi connectivity index (χ2n) is 7.88. The highest BCUT2D eigenvalue weighted by Gasteiger charge is 2.16. The van der Waals surface area contributed by atoms with Crippen molar-refractivity contribution >= 4 is 11.7 Å². The molecule has 0 aliphatic carbocycles. The molecule has 1 aromatic heterocycles. The third-order valence-corrected chi connectivity index (χ3v) is 5.57. The minimum absolute atomic E-state index is 0.149. The van der Waals surface area contributed by atoms with Crippen LogP contribution in [0.3, 0.4) is 0 Å². The smallest absolute Gasteiger partial charge is 0.322 e. The van der Waals surface area contributed by atoms with Gasteiger partial charge in [0.25, 0.3) is 0 Å². The van der Waals surface area contributed by atoms with Crippen LogP contribution in [-0.4, -0.2) is 45.2 Å². The normalized spacial score (nSPS) is 10.6. The average Bonchev–Trinajstić information content (AvgIpc) is 3.42. The molecule has 1 heterocycles. The van der Waals surface area contributed by atoms with Crippen molar-refractivity contribution < 1.29 is 9.53 Å². The Kier molecular flexibility index (Phi) is 7.49. The van der Waals surface area contributed by atoms with E-state index >= 15 is 0 Å². The predicted octanol–water partition coefficient (Wildman–Crippen LogP) is 5.38. The molecule has 4 rings (SSSR count). The van der Waals surface area contributed by atoms with Crippen LogP contribution in [0.25, 0.3) is 22.5 Å². The van der Waals surface area contributed by atoms with Crippen LogP contribution in [0.2, 0.25) is 0 Å². The van der Waals surface area contributed by atoms with Crippen LogP contribution in [0.1, 0.15) is 25.3 Å². The first-order valence-corrected chi connectivity index (χ1v) is 11.3. The Hall–Kier alpha value is -4.20. The van der Waals surface area contributed by atoms with Crippen molar-refractivity contribution in [3.05, 3.63) is 78.4 Å². The van der Waals surface area contributed by atoms with Crippen molar-refractivity contribution in [1.82, 2.24) is 25.5 Å². The highest BCUT2D eigenvalue weighted by molar-refractivity contribution is 5.91. The van der Waals surface area contributed by atoms with Crippen LogP contribution in [0.5, 0.6) is 5.75 Å². The average molecular weight is 457 g/mol. The molecule has 2 N–H and O–H groups in total. The zero-order valence-corrected chi connectivity index (χ0v) is 19.4. The molecule has 0 atom stereocenters. The van der Waals surface area contributed by atoms with E-state index in [0.29, 0.717) is 30.4 Å². The van der Waals surface area contributed by atoms with Gasteiger partial charge in [-0.1, -0.05) is 74.0 Å². The molecule has 8 heteroatoms. The van der Waals surface area contributed by atoms with E-state index in [1.165, 1.54) is 0 Å². The van der Waals surface area contributed by atoms with Gasteiger partial charge in [0, 0.05) is 18.7 Å². The molecule has 0 radical (unpaired) electrons. The fourth-order valence-corrected chi connectivity index (χ4v) is 3.76. The fourth-order valence-electron chi connectivity index (χ4n) is 3.76. The summed E-state index contributed by atoms with van der Waals surface area (Å²) in [7, 11) is 1.60.